The van der Waals surface area contributed by atoms with Gasteiger partial charge in [-0.15, -0.1) is 41.4 Å². The van der Waals surface area contributed by atoms with E-state index in [1.165, 1.54) is 76.2 Å². The molecule has 0 bridgehead atoms. The van der Waals surface area contributed by atoms with E-state index >= 15 is 9.59 Å². The maximum Gasteiger partial charge on any atom is 0.404 e. The van der Waals surface area contributed by atoms with Crippen molar-refractivity contribution in [1.29, 1.82) is 0 Å². The summed E-state index contributed by atoms with van der Waals surface area (Å²) in [5.41, 5.74) is 28.3. The average molecular weight is 1920 g/mol. The number of aliphatic hydroxyl groups is 8. The Hall–Kier alpha value is -10.8. The van der Waals surface area contributed by atoms with Crippen molar-refractivity contribution in [3.05, 3.63) is 56.8 Å². The van der Waals surface area contributed by atoms with Crippen LogP contribution in [-0.2, 0) is 78.1 Å². The SMILES string of the molecule is C#CCCCC(=O)N(CCC)CC(=O)N(CCC)CC(=O)N(CCC)CC(=O)N(CC#C)CC(=O)NCCCCNCCCCC(=O)c1csc(-c2csc(CCNC(=O)[C@@H](CC(=O)[C@@H](C)[C@H](O)[C@@H](C)NC(=O)[C@@H](NC(=O)c3nc([C@@H](CC[C@H](N)C(N)=O)CC(N)=O)nc(N)c3C)[C@@H](O[C@@H]3OC(CO)C(O)[C@@H](O)C3O[C@H]3OC(CO)[C@@H](O)[C@@H](OC(N)=O)C3O)c3c[nH]cn3)[C@@H](C)O)n2)n1. The second-order valence-corrected chi connectivity index (χ2v) is 34.6. The number of Topliss-reactive ketones (excluding diaryl/α,β-unsaturated/α-hetero) is 2. The fourth-order valence-electron chi connectivity index (χ4n) is 14.6. The van der Waals surface area contributed by atoms with Gasteiger partial charge in [-0.2, -0.15) is 0 Å². The Morgan fingerprint density at radius 3 is 1.87 bits per heavy atom. The molecule has 4 aromatic rings. The highest BCUT2D eigenvalue weighted by molar-refractivity contribution is 7.14. The Balaban J connectivity index is 1.02. The number of primary amides is 3. The maximum absolute atomic E-state index is 15.3. The third kappa shape index (κ3) is 33.9. The largest absolute Gasteiger partial charge is 0.441 e. The number of aliphatic hydroxyl groups excluding tert-OH is 8. The Bertz CT molecular complexity index is 4610. The lowest BCUT2D eigenvalue weighted by Crippen LogP contribution is -2.65. The van der Waals surface area contributed by atoms with Crippen LogP contribution in [-0.4, -0.2) is 351 Å². The quantitative estimate of drug-likeness (QED) is 0.0116. The highest BCUT2D eigenvalue weighted by Gasteiger charge is 2.54. The Morgan fingerprint density at radius 1 is 0.664 bits per heavy atom. The van der Waals surface area contributed by atoms with Gasteiger partial charge in [0.15, 0.2) is 24.5 Å². The van der Waals surface area contributed by atoms with Crippen molar-refractivity contribution in [3.63, 3.8) is 0 Å². The summed E-state index contributed by atoms with van der Waals surface area (Å²) in [6.45, 7) is 9.74. The molecule has 4 aromatic heterocycles. The zero-order valence-corrected chi connectivity index (χ0v) is 77.9. The summed E-state index contributed by atoms with van der Waals surface area (Å²) in [6.07, 6.45) is -9.31. The minimum Gasteiger partial charge on any atom is -0.441 e. The van der Waals surface area contributed by atoms with Crippen molar-refractivity contribution in [2.75, 3.05) is 97.5 Å². The van der Waals surface area contributed by atoms with E-state index in [0.29, 0.717) is 99.7 Å². The number of carbonyl (C=O) groups is 13. The van der Waals surface area contributed by atoms with Crippen LogP contribution in [0.15, 0.2) is 23.3 Å². The van der Waals surface area contributed by atoms with E-state index in [4.69, 9.17) is 65.2 Å². The fourth-order valence-corrected chi connectivity index (χ4v) is 16.3. The van der Waals surface area contributed by atoms with Crippen LogP contribution in [0.5, 0.6) is 0 Å². The van der Waals surface area contributed by atoms with Gasteiger partial charge in [-0.25, -0.2) is 29.7 Å². The number of ether oxygens (including phenoxy) is 5. The summed E-state index contributed by atoms with van der Waals surface area (Å²) in [6, 6.07) is -4.89. The molecule has 0 spiro atoms. The van der Waals surface area contributed by atoms with Gasteiger partial charge in [0.25, 0.3) is 5.91 Å². The summed E-state index contributed by atoms with van der Waals surface area (Å²) in [5.74, 6) is -7.45. The molecule has 48 heteroatoms. The molecule has 0 saturated carbocycles. The van der Waals surface area contributed by atoms with Crippen LogP contribution in [0.25, 0.3) is 10.7 Å². The van der Waals surface area contributed by atoms with Crippen LogP contribution >= 0.6 is 22.7 Å². The molecule has 0 aliphatic carbocycles. The number of ketones is 2. The fraction of sp³-hybridized carbons (Fsp3) is 0.651. The van der Waals surface area contributed by atoms with E-state index in [1.54, 1.807) is 10.8 Å². The summed E-state index contributed by atoms with van der Waals surface area (Å²) < 4.78 is 28.9. The summed E-state index contributed by atoms with van der Waals surface area (Å²) in [4.78, 5) is 205. The zero-order valence-electron chi connectivity index (χ0n) is 76.3. The van der Waals surface area contributed by atoms with Gasteiger partial charge in [-0.3, -0.25) is 57.5 Å². The number of aromatic amines is 1. The third-order valence-electron chi connectivity index (χ3n) is 22.3. The number of hydrogen-bond donors (Lipinski definition) is 19. The number of nitrogen functional groups attached to an aromatic ring is 1. The number of nitrogens with zero attached hydrogens (tertiary/aromatic N) is 9. The van der Waals surface area contributed by atoms with Gasteiger partial charge in [0.2, 0.25) is 53.2 Å². The molecule has 5 unspecified atom stereocenters. The Labute approximate surface area is 783 Å². The van der Waals surface area contributed by atoms with Crippen LogP contribution in [0, 0.1) is 43.4 Å². The standard InChI is InChI=1S/C86H130N20O26S2/c1-10-15-16-22-63(114)104(31-12-3)38-65(116)106(33-14-5)40-66(117)105(32-13-4)39-64(115)103(30-11-2)37-61(113)94-28-20-19-27-92-26-18-17-21-56(110)54-43-134-83(99-54)55-44-133-62(98-55)25-29-95-80(124)51(49(9)109)35-57(111)46(6)69(118)48(8)97-82(126)68(101-81(125)67-47(7)77(89)102-79(100-67)50(34-60(88)112)23-24-52(87)78(90)123)74(53-36-93-45-96-53)130-85-76(72(121)70(119)58(41-107)129-85)131-84-73(122)75(132-86(91)127)71(120)59(42-108)128-84/h1-2,36,43-46,48-52,58-59,68-76,84-85,92,107-109,118-122H,12-35,37-42,87H2,3-9H3,(H2,88,112)(H2,90,123)(H2,91,127)(H,93,96)(H,94,113)(H,95,124)(H,97,126)(H,101,125)(H2,89,100,102)/t46-,48-,49-,50+,51+,52+,58?,59?,68+,69+,70?,71-,72-,73?,74+,75-,76?,84-,85+/m1/s1. The zero-order chi connectivity index (χ0) is 99.2. The smallest absolute Gasteiger partial charge is 0.404 e. The lowest BCUT2D eigenvalue weighted by atomic mass is 9.87. The normalized spacial score (nSPS) is 20.2. The monoisotopic (exact) mass is 1920 g/mol. The van der Waals surface area contributed by atoms with Gasteiger partial charge >= 0.3 is 6.09 Å². The first-order chi connectivity index (χ1) is 63.8. The third-order valence-corrected chi connectivity index (χ3v) is 24.1. The van der Waals surface area contributed by atoms with E-state index in [9.17, 15) is 93.6 Å². The molecule has 19 atom stereocenters. The summed E-state index contributed by atoms with van der Waals surface area (Å²) >= 11 is 2.49. The number of carbonyl (C=O) groups excluding carboxylic acids is 13. The minimum atomic E-state index is -2.21. The van der Waals surface area contributed by atoms with Crippen molar-refractivity contribution < 1.29 is 127 Å². The molecule has 46 nitrogen and oxygen atoms in total. The number of anilines is 1. The van der Waals surface area contributed by atoms with E-state index in [1.807, 2.05) is 20.8 Å². The molecule has 2 saturated heterocycles. The molecular formula is C86H130N20O26S2. The van der Waals surface area contributed by atoms with Gasteiger partial charge in [0, 0.05) is 106 Å². The molecular weight excluding hydrogens is 1790 g/mol. The Morgan fingerprint density at radius 2 is 1.28 bits per heavy atom. The molecule has 11 amide bonds. The molecule has 2 aliphatic heterocycles. The average Bonchev–Trinajstić information content (AvgIpc) is 1.02. The molecule has 742 valence electrons. The number of H-pyrrole nitrogens is 1. The lowest BCUT2D eigenvalue weighted by Gasteiger charge is -2.47. The van der Waals surface area contributed by atoms with Crippen molar-refractivity contribution >= 4 is 105 Å². The second-order valence-electron chi connectivity index (χ2n) is 32.8. The first kappa shape index (κ1) is 112. The molecule has 0 radical (unpaired) electrons. The molecule has 24 N–H and O–H groups in total. The number of terminal acetylenes is 2. The molecule has 0 aromatic carbocycles. The first-order valence-corrected chi connectivity index (χ1v) is 46.2. The number of rotatable bonds is 60. The number of nitrogens with one attached hydrogen (secondary N) is 6. The molecule has 2 fully saturated rings. The van der Waals surface area contributed by atoms with Gasteiger partial charge in [-0.1, -0.05) is 33.6 Å². The van der Waals surface area contributed by atoms with Gasteiger partial charge in [0.1, 0.15) is 101 Å². The second kappa shape index (κ2) is 56.5. The highest BCUT2D eigenvalue weighted by atomic mass is 32.1. The molecule has 134 heavy (non-hydrogen) atoms. The predicted octanol–water partition coefficient (Wildman–Crippen LogP) is -3.56. The van der Waals surface area contributed by atoms with Gasteiger partial charge in [0.05, 0.1) is 86.6 Å². The topological polar surface area (TPSA) is 713 Å². The van der Waals surface area contributed by atoms with Crippen LogP contribution in [0.1, 0.15) is 193 Å². The van der Waals surface area contributed by atoms with E-state index in [2.05, 4.69) is 68.3 Å². The van der Waals surface area contributed by atoms with Crippen LogP contribution in [0.2, 0.25) is 0 Å². The molecule has 2 aliphatic rings. The number of aromatic nitrogens is 6. The maximum atomic E-state index is 15.3. The number of thiazole rings is 2. The van der Waals surface area contributed by atoms with Crippen LogP contribution in [0.4, 0.5) is 10.6 Å². The number of nitrogens with two attached hydrogens (primary N) is 5. The number of unbranched alkanes of at least 4 members (excludes halogenated alkanes) is 3. The molecule has 6 rings (SSSR count). The predicted molar refractivity (Wildman–Crippen MR) is 482 cm³/mol. The van der Waals surface area contributed by atoms with Crippen molar-refractivity contribution in [3.8, 4) is 35.4 Å². The van der Waals surface area contributed by atoms with Crippen LogP contribution < -0.4 is 55.3 Å². The van der Waals surface area contributed by atoms with E-state index in [-0.39, 0.29) is 125 Å². The van der Waals surface area contributed by atoms with Crippen LogP contribution in [0.3, 0.4) is 0 Å². The minimum absolute atomic E-state index is 0.0123. The summed E-state index contributed by atoms with van der Waals surface area (Å²) in [5, 5.41) is 107. The highest BCUT2D eigenvalue weighted by Crippen LogP contribution is 2.36. The number of hydrogen-bond acceptors (Lipinski definition) is 36. The first-order valence-electron chi connectivity index (χ1n) is 44.4. The van der Waals surface area contributed by atoms with Crippen molar-refractivity contribution in [2.24, 2.45) is 34.8 Å². The lowest BCUT2D eigenvalue weighted by molar-refractivity contribution is -0.372. The van der Waals surface area contributed by atoms with E-state index in [0.717, 1.165) is 6.33 Å². The number of imidazole rings is 1. The van der Waals surface area contributed by atoms with Gasteiger partial charge < -0.3 is 144 Å². The van der Waals surface area contributed by atoms with Gasteiger partial charge in [-0.05, 0) is 98.1 Å². The number of amides is 11. The summed E-state index contributed by atoms with van der Waals surface area (Å²) in [7, 11) is 0. The Kier molecular flexibility index (Phi) is 47.2. The molecule has 6 heterocycles. The van der Waals surface area contributed by atoms with Crippen molar-refractivity contribution in [1.82, 2.24) is 76.1 Å². The van der Waals surface area contributed by atoms with Crippen molar-refractivity contribution in [2.45, 2.75) is 255 Å². The van der Waals surface area contributed by atoms with E-state index < -0.39 is 212 Å².